The first-order valence-electron chi connectivity index (χ1n) is 3.87. The fraction of sp³-hybridized carbons (Fsp3) is 0.625. The van der Waals surface area contributed by atoms with Gasteiger partial charge in [0.1, 0.15) is 5.82 Å². The summed E-state index contributed by atoms with van der Waals surface area (Å²) >= 11 is 0. The molecule has 0 radical (unpaired) electrons. The Bertz CT molecular complexity index is 201. The lowest BCUT2D eigenvalue weighted by Gasteiger charge is -2.20. The molecule has 3 heteroatoms. The molecule has 0 bridgehead atoms. The van der Waals surface area contributed by atoms with Crippen LogP contribution in [0.1, 0.15) is 26.1 Å². The van der Waals surface area contributed by atoms with Crippen LogP contribution in [0.4, 0.5) is 0 Å². The summed E-state index contributed by atoms with van der Waals surface area (Å²) in [5.74, 6) is 1.02. The number of hydrogen-bond acceptors (Lipinski definition) is 2. The SMILES string of the molecule is CC(C)(CCN)c1ncc[nH]1. The van der Waals surface area contributed by atoms with Gasteiger partial charge in [0.15, 0.2) is 0 Å². The Kier molecular flexibility index (Phi) is 2.29. The minimum atomic E-state index is 0.0816. The third-order valence-electron chi connectivity index (χ3n) is 1.91. The normalized spacial score (nSPS) is 11.9. The lowest BCUT2D eigenvalue weighted by Crippen LogP contribution is -2.23. The average molecular weight is 153 g/mol. The second kappa shape index (κ2) is 3.05. The Labute approximate surface area is 67.0 Å². The van der Waals surface area contributed by atoms with Crippen molar-refractivity contribution < 1.29 is 0 Å². The van der Waals surface area contributed by atoms with Gasteiger partial charge in [-0.25, -0.2) is 4.98 Å². The molecule has 0 aliphatic carbocycles. The standard InChI is InChI=1S/C8H15N3/c1-8(2,3-4-9)7-10-5-6-11-7/h5-6H,3-4,9H2,1-2H3,(H,10,11). The molecule has 11 heavy (non-hydrogen) atoms. The van der Waals surface area contributed by atoms with Gasteiger partial charge in [0.2, 0.25) is 0 Å². The summed E-state index contributed by atoms with van der Waals surface area (Å²) in [5, 5.41) is 0. The summed E-state index contributed by atoms with van der Waals surface area (Å²) < 4.78 is 0. The number of hydrogen-bond donors (Lipinski definition) is 2. The number of nitrogens with zero attached hydrogens (tertiary/aromatic N) is 1. The molecule has 0 aromatic carbocycles. The third-order valence-corrected chi connectivity index (χ3v) is 1.91. The molecule has 62 valence electrons. The van der Waals surface area contributed by atoms with Crippen LogP contribution in [0.3, 0.4) is 0 Å². The zero-order chi connectivity index (χ0) is 8.32. The van der Waals surface area contributed by atoms with E-state index in [2.05, 4.69) is 23.8 Å². The zero-order valence-electron chi connectivity index (χ0n) is 7.09. The second-order valence-electron chi connectivity index (χ2n) is 3.36. The molecule has 3 nitrogen and oxygen atoms in total. The number of imidazole rings is 1. The summed E-state index contributed by atoms with van der Waals surface area (Å²) in [7, 11) is 0. The first kappa shape index (κ1) is 8.27. The van der Waals surface area contributed by atoms with Crippen molar-refractivity contribution in [3.05, 3.63) is 18.2 Å². The van der Waals surface area contributed by atoms with Gasteiger partial charge in [-0.05, 0) is 13.0 Å². The van der Waals surface area contributed by atoms with Crippen LogP contribution in [0, 0.1) is 0 Å². The molecule has 0 spiro atoms. The van der Waals surface area contributed by atoms with Crippen molar-refractivity contribution in [1.82, 2.24) is 9.97 Å². The smallest absolute Gasteiger partial charge is 0.111 e. The van der Waals surface area contributed by atoms with Gasteiger partial charge >= 0.3 is 0 Å². The van der Waals surface area contributed by atoms with Crippen LogP contribution < -0.4 is 5.73 Å². The van der Waals surface area contributed by atoms with Crippen molar-refractivity contribution in [3.63, 3.8) is 0 Å². The molecule has 0 amide bonds. The van der Waals surface area contributed by atoms with E-state index in [1.165, 1.54) is 0 Å². The monoisotopic (exact) mass is 153 g/mol. The first-order valence-corrected chi connectivity index (χ1v) is 3.87. The van der Waals surface area contributed by atoms with Crippen molar-refractivity contribution >= 4 is 0 Å². The Morgan fingerprint density at radius 3 is 2.82 bits per heavy atom. The van der Waals surface area contributed by atoms with Gasteiger partial charge in [-0.3, -0.25) is 0 Å². The van der Waals surface area contributed by atoms with Crippen LogP contribution >= 0.6 is 0 Å². The van der Waals surface area contributed by atoms with Crippen LogP contribution in [0.2, 0.25) is 0 Å². The van der Waals surface area contributed by atoms with Gasteiger partial charge in [0.25, 0.3) is 0 Å². The van der Waals surface area contributed by atoms with Gasteiger partial charge in [0.05, 0.1) is 0 Å². The van der Waals surface area contributed by atoms with Crippen molar-refractivity contribution in [2.75, 3.05) is 6.54 Å². The van der Waals surface area contributed by atoms with Crippen molar-refractivity contribution in [1.29, 1.82) is 0 Å². The third kappa shape index (κ3) is 1.80. The number of H-pyrrole nitrogens is 1. The van der Waals surface area contributed by atoms with E-state index in [1.54, 1.807) is 6.20 Å². The lowest BCUT2D eigenvalue weighted by atomic mass is 9.89. The van der Waals surface area contributed by atoms with Crippen LogP contribution in [0.5, 0.6) is 0 Å². The number of aromatic nitrogens is 2. The van der Waals surface area contributed by atoms with Gasteiger partial charge in [0, 0.05) is 17.8 Å². The molecule has 1 heterocycles. The van der Waals surface area contributed by atoms with E-state index < -0.39 is 0 Å². The molecular formula is C8H15N3. The second-order valence-corrected chi connectivity index (χ2v) is 3.36. The summed E-state index contributed by atoms with van der Waals surface area (Å²) in [5.41, 5.74) is 5.56. The largest absolute Gasteiger partial charge is 0.348 e. The van der Waals surface area contributed by atoms with Crippen LogP contribution in [0.25, 0.3) is 0 Å². The summed E-state index contributed by atoms with van der Waals surface area (Å²) in [6.07, 6.45) is 4.57. The maximum Gasteiger partial charge on any atom is 0.111 e. The van der Waals surface area contributed by atoms with E-state index in [0.717, 1.165) is 12.2 Å². The Hall–Kier alpha value is -0.830. The van der Waals surface area contributed by atoms with Gasteiger partial charge in [-0.15, -0.1) is 0 Å². The molecule has 0 saturated heterocycles. The summed E-state index contributed by atoms with van der Waals surface area (Å²) in [6, 6.07) is 0. The van der Waals surface area contributed by atoms with Crippen LogP contribution in [-0.2, 0) is 5.41 Å². The molecule has 0 saturated carbocycles. The molecule has 3 N–H and O–H groups in total. The van der Waals surface area contributed by atoms with E-state index in [9.17, 15) is 0 Å². The number of nitrogens with two attached hydrogens (primary N) is 1. The van der Waals surface area contributed by atoms with Gasteiger partial charge in [-0.1, -0.05) is 13.8 Å². The van der Waals surface area contributed by atoms with E-state index in [4.69, 9.17) is 5.73 Å². The number of rotatable bonds is 3. The van der Waals surface area contributed by atoms with Gasteiger partial charge < -0.3 is 10.7 Å². The van der Waals surface area contributed by atoms with E-state index >= 15 is 0 Å². The highest BCUT2D eigenvalue weighted by atomic mass is 14.9. The maximum absolute atomic E-state index is 5.48. The predicted molar refractivity (Wildman–Crippen MR) is 45.3 cm³/mol. The highest BCUT2D eigenvalue weighted by Gasteiger charge is 2.21. The van der Waals surface area contributed by atoms with Crippen molar-refractivity contribution in [2.24, 2.45) is 5.73 Å². The summed E-state index contributed by atoms with van der Waals surface area (Å²) in [6.45, 7) is 4.98. The summed E-state index contributed by atoms with van der Waals surface area (Å²) in [4.78, 5) is 7.29. The molecule has 0 atom stereocenters. The molecule has 0 aliphatic rings. The van der Waals surface area contributed by atoms with E-state index in [0.29, 0.717) is 6.54 Å². The Morgan fingerprint density at radius 2 is 2.36 bits per heavy atom. The molecule has 1 aromatic heterocycles. The molecule has 0 aliphatic heterocycles. The predicted octanol–water partition coefficient (Wildman–Crippen LogP) is 1.04. The van der Waals surface area contributed by atoms with Crippen LogP contribution in [-0.4, -0.2) is 16.5 Å². The Morgan fingerprint density at radius 1 is 1.64 bits per heavy atom. The quantitative estimate of drug-likeness (QED) is 0.681. The van der Waals surface area contributed by atoms with Crippen LogP contribution in [0.15, 0.2) is 12.4 Å². The van der Waals surface area contributed by atoms with Crippen molar-refractivity contribution in [3.8, 4) is 0 Å². The Balaban J connectivity index is 2.73. The minimum absolute atomic E-state index is 0.0816. The maximum atomic E-state index is 5.48. The molecule has 0 unspecified atom stereocenters. The average Bonchev–Trinajstić information content (AvgIpc) is 2.37. The highest BCUT2D eigenvalue weighted by molar-refractivity contribution is 5.03. The topological polar surface area (TPSA) is 54.7 Å². The number of aromatic amines is 1. The first-order chi connectivity index (χ1) is 5.17. The fourth-order valence-corrected chi connectivity index (χ4v) is 1.11. The zero-order valence-corrected chi connectivity index (χ0v) is 7.09. The van der Waals surface area contributed by atoms with E-state index in [-0.39, 0.29) is 5.41 Å². The van der Waals surface area contributed by atoms with Crippen molar-refractivity contribution in [2.45, 2.75) is 25.7 Å². The minimum Gasteiger partial charge on any atom is -0.348 e. The number of nitrogens with one attached hydrogen (secondary N) is 1. The highest BCUT2D eigenvalue weighted by Crippen LogP contribution is 2.22. The lowest BCUT2D eigenvalue weighted by molar-refractivity contribution is 0.461. The fourth-order valence-electron chi connectivity index (χ4n) is 1.11. The molecule has 1 rings (SSSR count). The van der Waals surface area contributed by atoms with Gasteiger partial charge in [-0.2, -0.15) is 0 Å². The molecular weight excluding hydrogens is 138 g/mol. The molecule has 1 aromatic rings. The molecule has 0 fully saturated rings. The van der Waals surface area contributed by atoms with E-state index in [1.807, 2.05) is 6.20 Å².